The molecular formula is C4H11NO5S. The summed E-state index contributed by atoms with van der Waals surface area (Å²) in [6.07, 6.45) is 0. The average molecular weight is 185 g/mol. The highest BCUT2D eigenvalue weighted by Crippen LogP contribution is 1.84. The zero-order valence-electron chi connectivity index (χ0n) is 5.86. The van der Waals surface area contributed by atoms with Crippen molar-refractivity contribution in [3.63, 3.8) is 0 Å². The Morgan fingerprint density at radius 2 is 1.91 bits per heavy atom. The number of hydrogen-bond acceptors (Lipinski definition) is 5. The van der Waals surface area contributed by atoms with E-state index < -0.39 is 10.3 Å². The van der Waals surface area contributed by atoms with Crippen LogP contribution in [0.2, 0.25) is 0 Å². The molecule has 0 spiro atoms. The van der Waals surface area contributed by atoms with Crippen LogP contribution in [0.5, 0.6) is 0 Å². The number of aliphatic hydroxyl groups excluding tert-OH is 2. The summed E-state index contributed by atoms with van der Waals surface area (Å²) in [6, 6.07) is 0. The second-order valence-corrected chi connectivity index (χ2v) is 3.05. The van der Waals surface area contributed by atoms with Crippen LogP contribution >= 0.6 is 0 Å². The van der Waals surface area contributed by atoms with E-state index in [-0.39, 0.29) is 26.4 Å². The van der Waals surface area contributed by atoms with E-state index in [4.69, 9.17) is 10.2 Å². The normalized spacial score (nSPS) is 11.8. The lowest BCUT2D eigenvalue weighted by Crippen LogP contribution is -2.29. The van der Waals surface area contributed by atoms with Crippen LogP contribution in [-0.4, -0.2) is 45.0 Å². The van der Waals surface area contributed by atoms with E-state index in [0.717, 1.165) is 0 Å². The van der Waals surface area contributed by atoms with Crippen molar-refractivity contribution in [1.29, 1.82) is 0 Å². The largest absolute Gasteiger partial charge is 0.395 e. The maximum atomic E-state index is 10.6. The van der Waals surface area contributed by atoms with Crippen molar-refractivity contribution in [2.24, 2.45) is 0 Å². The number of nitrogens with one attached hydrogen (secondary N) is 1. The highest BCUT2D eigenvalue weighted by atomic mass is 32.2. The molecular weight excluding hydrogens is 174 g/mol. The zero-order chi connectivity index (χ0) is 8.74. The van der Waals surface area contributed by atoms with E-state index in [1.165, 1.54) is 0 Å². The lowest BCUT2D eigenvalue weighted by Gasteiger charge is -2.03. The molecule has 0 atom stereocenters. The van der Waals surface area contributed by atoms with Gasteiger partial charge in [-0.05, 0) is 0 Å². The second kappa shape index (κ2) is 5.44. The van der Waals surface area contributed by atoms with Crippen LogP contribution in [0.25, 0.3) is 0 Å². The van der Waals surface area contributed by atoms with Gasteiger partial charge >= 0.3 is 10.3 Å². The molecule has 0 saturated carbocycles. The summed E-state index contributed by atoms with van der Waals surface area (Å²) in [5.74, 6) is 0. The fourth-order valence-corrected chi connectivity index (χ4v) is 1.08. The first-order chi connectivity index (χ1) is 5.12. The van der Waals surface area contributed by atoms with Gasteiger partial charge in [0.1, 0.15) is 0 Å². The van der Waals surface area contributed by atoms with Crippen LogP contribution in [-0.2, 0) is 14.5 Å². The van der Waals surface area contributed by atoms with Gasteiger partial charge in [-0.15, -0.1) is 0 Å². The van der Waals surface area contributed by atoms with Gasteiger partial charge in [-0.3, -0.25) is 4.18 Å². The molecule has 7 heteroatoms. The molecule has 0 aromatic carbocycles. The molecule has 0 rings (SSSR count). The Bertz CT molecular complexity index is 163. The summed E-state index contributed by atoms with van der Waals surface area (Å²) in [5.41, 5.74) is 0. The molecule has 0 bridgehead atoms. The Labute approximate surface area is 65.1 Å². The van der Waals surface area contributed by atoms with Crippen molar-refractivity contribution in [2.45, 2.75) is 0 Å². The van der Waals surface area contributed by atoms with Gasteiger partial charge in [0.15, 0.2) is 0 Å². The molecule has 0 aromatic rings. The molecule has 68 valence electrons. The van der Waals surface area contributed by atoms with E-state index in [0.29, 0.717) is 0 Å². The molecule has 0 amide bonds. The van der Waals surface area contributed by atoms with E-state index in [9.17, 15) is 8.42 Å². The fraction of sp³-hybridized carbons (Fsp3) is 1.00. The molecule has 3 N–H and O–H groups in total. The quantitative estimate of drug-likeness (QED) is 0.437. The van der Waals surface area contributed by atoms with E-state index in [1.807, 2.05) is 4.72 Å². The molecule has 0 radical (unpaired) electrons. The topological polar surface area (TPSA) is 95.9 Å². The van der Waals surface area contributed by atoms with Crippen LogP contribution in [0.3, 0.4) is 0 Å². The SMILES string of the molecule is O=S(=O)(NCCO)OCCO. The molecule has 0 fully saturated rings. The van der Waals surface area contributed by atoms with Crippen molar-refractivity contribution in [3.8, 4) is 0 Å². The third-order valence-electron chi connectivity index (χ3n) is 0.720. The van der Waals surface area contributed by atoms with Gasteiger partial charge in [0.2, 0.25) is 0 Å². The van der Waals surface area contributed by atoms with Crippen LogP contribution in [0.15, 0.2) is 0 Å². The average Bonchev–Trinajstić information content (AvgIpc) is 1.97. The Morgan fingerprint density at radius 3 is 2.36 bits per heavy atom. The molecule has 0 saturated heterocycles. The smallest absolute Gasteiger partial charge is 0.335 e. The molecule has 0 unspecified atom stereocenters. The summed E-state index contributed by atoms with van der Waals surface area (Å²) >= 11 is 0. The zero-order valence-corrected chi connectivity index (χ0v) is 6.67. The van der Waals surface area contributed by atoms with Crippen LogP contribution in [0.4, 0.5) is 0 Å². The number of aliphatic hydroxyl groups is 2. The molecule has 0 aromatic heterocycles. The molecule has 0 aliphatic rings. The van der Waals surface area contributed by atoms with Gasteiger partial charge in [-0.2, -0.15) is 13.1 Å². The minimum Gasteiger partial charge on any atom is -0.395 e. The summed E-state index contributed by atoms with van der Waals surface area (Å²) < 4.78 is 27.3. The fourth-order valence-electron chi connectivity index (χ4n) is 0.359. The van der Waals surface area contributed by atoms with Gasteiger partial charge in [-0.1, -0.05) is 0 Å². The van der Waals surface area contributed by atoms with E-state index >= 15 is 0 Å². The molecule has 11 heavy (non-hydrogen) atoms. The van der Waals surface area contributed by atoms with Crippen molar-refractivity contribution in [1.82, 2.24) is 4.72 Å². The van der Waals surface area contributed by atoms with Crippen molar-refractivity contribution in [3.05, 3.63) is 0 Å². The lowest BCUT2D eigenvalue weighted by molar-refractivity contribution is 0.202. The molecule has 0 heterocycles. The summed E-state index contributed by atoms with van der Waals surface area (Å²) in [5, 5.41) is 16.4. The first-order valence-corrected chi connectivity index (χ1v) is 4.39. The summed E-state index contributed by atoms with van der Waals surface area (Å²) in [4.78, 5) is 0. The Kier molecular flexibility index (Phi) is 5.34. The number of rotatable bonds is 6. The molecule has 6 nitrogen and oxygen atoms in total. The third kappa shape index (κ3) is 6.20. The Balaban J connectivity index is 3.63. The highest BCUT2D eigenvalue weighted by molar-refractivity contribution is 7.84. The van der Waals surface area contributed by atoms with Crippen molar-refractivity contribution < 1.29 is 22.8 Å². The van der Waals surface area contributed by atoms with E-state index in [1.54, 1.807) is 0 Å². The molecule has 0 aliphatic heterocycles. The maximum Gasteiger partial charge on any atom is 0.335 e. The third-order valence-corrected chi connectivity index (χ3v) is 1.76. The predicted octanol–water partition coefficient (Wildman–Crippen LogP) is -2.18. The standard InChI is InChI=1S/C4H11NO5S/c6-2-1-5-11(8,9)10-4-3-7/h5-7H,1-4H2. The van der Waals surface area contributed by atoms with Gasteiger partial charge < -0.3 is 10.2 Å². The van der Waals surface area contributed by atoms with E-state index in [2.05, 4.69) is 4.18 Å². The summed E-state index contributed by atoms with van der Waals surface area (Å²) in [6.45, 7) is -1.02. The van der Waals surface area contributed by atoms with Gasteiger partial charge in [-0.25, -0.2) is 0 Å². The molecule has 0 aliphatic carbocycles. The highest BCUT2D eigenvalue weighted by Gasteiger charge is 2.07. The van der Waals surface area contributed by atoms with Crippen LogP contribution in [0, 0.1) is 0 Å². The Morgan fingerprint density at radius 1 is 1.27 bits per heavy atom. The van der Waals surface area contributed by atoms with Crippen molar-refractivity contribution >= 4 is 10.3 Å². The first kappa shape index (κ1) is 10.8. The van der Waals surface area contributed by atoms with Gasteiger partial charge in [0.05, 0.1) is 19.8 Å². The van der Waals surface area contributed by atoms with Crippen molar-refractivity contribution in [2.75, 3.05) is 26.4 Å². The minimum atomic E-state index is -3.78. The van der Waals surface area contributed by atoms with Gasteiger partial charge in [0.25, 0.3) is 0 Å². The first-order valence-electron chi connectivity index (χ1n) is 2.98. The maximum absolute atomic E-state index is 10.6. The van der Waals surface area contributed by atoms with Gasteiger partial charge in [0, 0.05) is 6.54 Å². The monoisotopic (exact) mass is 185 g/mol. The predicted molar refractivity (Wildman–Crippen MR) is 37.0 cm³/mol. The second-order valence-electron chi connectivity index (χ2n) is 1.62. The lowest BCUT2D eigenvalue weighted by atomic mass is 10.8. The summed E-state index contributed by atoms with van der Waals surface area (Å²) in [7, 11) is -3.78. The Hall–Kier alpha value is -0.210. The van der Waals surface area contributed by atoms with Crippen LogP contribution in [0.1, 0.15) is 0 Å². The van der Waals surface area contributed by atoms with Crippen LogP contribution < -0.4 is 4.72 Å². The number of hydrogen-bond donors (Lipinski definition) is 3. The minimum absolute atomic E-state index is 0.0895.